The second-order valence-corrected chi connectivity index (χ2v) is 7.61. The molecule has 0 atom stereocenters. The van der Waals surface area contributed by atoms with Crippen LogP contribution in [0.2, 0.25) is 0 Å². The molecular weight excluding hydrogens is 445 g/mol. The van der Waals surface area contributed by atoms with Crippen LogP contribution in [-0.4, -0.2) is 39.8 Å². The molecule has 5 nitrogen and oxygen atoms in total. The lowest BCUT2D eigenvalue weighted by Crippen LogP contribution is -2.43. The van der Waals surface area contributed by atoms with E-state index in [1.54, 1.807) is 0 Å². The first-order valence-corrected chi connectivity index (χ1v) is 9.44. The minimum Gasteiger partial charge on any atom is -0.357 e. The summed E-state index contributed by atoms with van der Waals surface area (Å²) in [6.45, 7) is 8.75. The van der Waals surface area contributed by atoms with Gasteiger partial charge in [0.15, 0.2) is 5.96 Å². The van der Waals surface area contributed by atoms with Crippen molar-refractivity contribution < 1.29 is 0 Å². The van der Waals surface area contributed by atoms with E-state index >= 15 is 0 Å². The van der Waals surface area contributed by atoms with Gasteiger partial charge in [0.2, 0.25) is 0 Å². The number of para-hydroxylation sites is 1. The number of benzene rings is 1. The highest BCUT2D eigenvalue weighted by molar-refractivity contribution is 14.0. The molecule has 0 saturated heterocycles. The van der Waals surface area contributed by atoms with Crippen LogP contribution in [0.4, 0.5) is 0 Å². The number of aliphatic imine (C=N–C) groups is 1. The Labute approximate surface area is 172 Å². The van der Waals surface area contributed by atoms with E-state index in [1.165, 1.54) is 0 Å². The zero-order valence-electron chi connectivity index (χ0n) is 15.3. The van der Waals surface area contributed by atoms with E-state index in [0.717, 1.165) is 30.4 Å². The van der Waals surface area contributed by atoms with Crippen molar-refractivity contribution in [1.82, 2.24) is 20.4 Å². The molecule has 1 aromatic carbocycles. The smallest absolute Gasteiger partial charge is 0.191 e. The Bertz CT molecular complexity index is 654. The van der Waals surface area contributed by atoms with E-state index in [2.05, 4.69) is 47.8 Å². The highest BCUT2D eigenvalue weighted by Gasteiger charge is 2.16. The van der Waals surface area contributed by atoms with Crippen molar-refractivity contribution in [2.24, 2.45) is 4.99 Å². The Hall–Kier alpha value is -1.22. The van der Waals surface area contributed by atoms with Crippen LogP contribution in [0.1, 0.15) is 26.5 Å². The van der Waals surface area contributed by atoms with E-state index in [-0.39, 0.29) is 28.7 Å². The molecule has 0 radical (unpaired) electrons. The summed E-state index contributed by atoms with van der Waals surface area (Å²) in [4.78, 5) is 4.64. The maximum Gasteiger partial charge on any atom is 0.191 e. The average Bonchev–Trinajstić information content (AvgIpc) is 3.07. The zero-order valence-corrected chi connectivity index (χ0v) is 18.5. The first kappa shape index (κ1) is 21.8. The molecule has 2 rings (SSSR count). The number of thioether (sulfide) groups is 1. The molecule has 2 N–H and O–H groups in total. The summed E-state index contributed by atoms with van der Waals surface area (Å²) < 4.78 is 2.05. The lowest BCUT2D eigenvalue weighted by molar-refractivity contribution is 0.664. The highest BCUT2D eigenvalue weighted by Crippen LogP contribution is 2.19. The molecule has 0 aliphatic carbocycles. The van der Waals surface area contributed by atoms with Gasteiger partial charge in [-0.15, -0.1) is 24.0 Å². The number of nitrogens with zero attached hydrogens (tertiary/aromatic N) is 3. The molecule has 0 unspecified atom stereocenters. The molecule has 0 amide bonds. The quantitative estimate of drug-likeness (QED) is 0.366. The van der Waals surface area contributed by atoms with Gasteiger partial charge in [-0.1, -0.05) is 18.2 Å². The summed E-state index contributed by atoms with van der Waals surface area (Å²) in [5.41, 5.74) is 2.00. The van der Waals surface area contributed by atoms with Gasteiger partial charge in [0.05, 0.1) is 17.9 Å². The lowest BCUT2D eigenvalue weighted by atomic mass is 10.2. The van der Waals surface area contributed by atoms with Crippen molar-refractivity contribution in [3.63, 3.8) is 0 Å². The van der Waals surface area contributed by atoms with Crippen molar-refractivity contribution in [1.29, 1.82) is 0 Å². The van der Waals surface area contributed by atoms with Crippen LogP contribution in [0.3, 0.4) is 0 Å². The molecule has 138 valence electrons. The average molecular weight is 473 g/mol. The molecule has 0 aliphatic heterocycles. The van der Waals surface area contributed by atoms with Gasteiger partial charge in [0.25, 0.3) is 0 Å². The Kier molecular flexibility index (Phi) is 9.34. The summed E-state index contributed by atoms with van der Waals surface area (Å²) in [6, 6.07) is 12.1. The normalized spacial score (nSPS) is 11.8. The predicted octanol–water partition coefficient (Wildman–Crippen LogP) is 3.69. The van der Waals surface area contributed by atoms with E-state index < -0.39 is 0 Å². The molecule has 0 bridgehead atoms. The van der Waals surface area contributed by atoms with Crippen LogP contribution in [-0.2, 0) is 6.54 Å². The fraction of sp³-hybridized carbons (Fsp3) is 0.444. The van der Waals surface area contributed by atoms with Gasteiger partial charge in [0.1, 0.15) is 0 Å². The molecule has 0 spiro atoms. The van der Waals surface area contributed by atoms with Gasteiger partial charge in [-0.2, -0.15) is 16.9 Å². The zero-order chi connectivity index (χ0) is 17.4. The van der Waals surface area contributed by atoms with E-state index in [4.69, 9.17) is 0 Å². The Balaban J connectivity index is 0.00000312. The van der Waals surface area contributed by atoms with Crippen LogP contribution in [0.5, 0.6) is 0 Å². The first-order chi connectivity index (χ1) is 11.5. The minimum atomic E-state index is 0. The summed E-state index contributed by atoms with van der Waals surface area (Å²) in [6.07, 6.45) is 4.10. The molecule has 1 heterocycles. The van der Waals surface area contributed by atoms with Gasteiger partial charge in [-0.3, -0.25) is 0 Å². The minimum absolute atomic E-state index is 0. The van der Waals surface area contributed by atoms with Gasteiger partial charge in [-0.25, -0.2) is 9.67 Å². The largest absolute Gasteiger partial charge is 0.357 e. The number of aromatic nitrogens is 2. The Morgan fingerprint density at radius 3 is 2.56 bits per heavy atom. The Morgan fingerprint density at radius 1 is 1.20 bits per heavy atom. The molecule has 25 heavy (non-hydrogen) atoms. The SMILES string of the molecule is CCNC(=NCc1ccn(-c2ccccc2)n1)NCC(C)(C)SC.I. The summed E-state index contributed by atoms with van der Waals surface area (Å²) in [5.74, 6) is 0.828. The van der Waals surface area contributed by atoms with Crippen molar-refractivity contribution >= 4 is 41.7 Å². The van der Waals surface area contributed by atoms with Gasteiger partial charge in [0, 0.05) is 24.0 Å². The molecule has 7 heteroatoms. The number of halogens is 1. The van der Waals surface area contributed by atoms with Crippen molar-refractivity contribution in [3.05, 3.63) is 48.3 Å². The molecule has 0 fully saturated rings. The van der Waals surface area contributed by atoms with Gasteiger partial charge < -0.3 is 10.6 Å². The third-order valence-corrected chi connectivity index (χ3v) is 4.89. The van der Waals surface area contributed by atoms with Crippen LogP contribution >= 0.6 is 35.7 Å². The van der Waals surface area contributed by atoms with Gasteiger partial charge >= 0.3 is 0 Å². The predicted molar refractivity (Wildman–Crippen MR) is 119 cm³/mol. The molecule has 0 saturated carbocycles. The van der Waals surface area contributed by atoms with Crippen molar-refractivity contribution in [2.75, 3.05) is 19.3 Å². The van der Waals surface area contributed by atoms with E-state index in [9.17, 15) is 0 Å². The fourth-order valence-electron chi connectivity index (χ4n) is 2.04. The molecule has 1 aromatic heterocycles. The summed E-state index contributed by atoms with van der Waals surface area (Å²) in [7, 11) is 0. The third-order valence-electron chi connectivity index (χ3n) is 3.64. The first-order valence-electron chi connectivity index (χ1n) is 8.21. The molecular formula is C18H28IN5S. The fourth-order valence-corrected chi connectivity index (χ4v) is 2.26. The topological polar surface area (TPSA) is 54.2 Å². The Morgan fingerprint density at radius 2 is 1.92 bits per heavy atom. The van der Waals surface area contributed by atoms with Crippen LogP contribution in [0.25, 0.3) is 5.69 Å². The molecule has 2 aromatic rings. The van der Waals surface area contributed by atoms with Crippen LogP contribution in [0.15, 0.2) is 47.6 Å². The number of nitrogens with one attached hydrogen (secondary N) is 2. The molecule has 0 aliphatic rings. The van der Waals surface area contributed by atoms with Gasteiger partial charge in [-0.05, 0) is 45.2 Å². The second-order valence-electron chi connectivity index (χ2n) is 6.10. The summed E-state index contributed by atoms with van der Waals surface area (Å²) in [5, 5.41) is 11.3. The van der Waals surface area contributed by atoms with Crippen LogP contribution in [0, 0.1) is 0 Å². The van der Waals surface area contributed by atoms with Crippen LogP contribution < -0.4 is 10.6 Å². The standard InChI is InChI=1S/C18H27N5S.HI/c1-5-19-17(21-14-18(2,3)24-4)20-13-15-11-12-23(22-15)16-9-7-6-8-10-16;/h6-12H,5,13-14H2,1-4H3,(H2,19,20,21);1H. The number of hydrogen-bond acceptors (Lipinski definition) is 3. The maximum absolute atomic E-state index is 4.64. The lowest BCUT2D eigenvalue weighted by Gasteiger charge is -2.23. The number of hydrogen-bond donors (Lipinski definition) is 2. The third kappa shape index (κ3) is 7.27. The number of guanidine groups is 1. The van der Waals surface area contributed by atoms with Crippen molar-refractivity contribution in [2.45, 2.75) is 32.1 Å². The summed E-state index contributed by atoms with van der Waals surface area (Å²) >= 11 is 1.84. The highest BCUT2D eigenvalue weighted by atomic mass is 127. The second kappa shape index (κ2) is 10.7. The monoisotopic (exact) mass is 473 g/mol. The van der Waals surface area contributed by atoms with E-state index in [0.29, 0.717) is 6.54 Å². The van der Waals surface area contributed by atoms with Crippen molar-refractivity contribution in [3.8, 4) is 5.69 Å². The number of rotatable bonds is 7. The van der Waals surface area contributed by atoms with E-state index in [1.807, 2.05) is 59.0 Å². The maximum atomic E-state index is 4.64.